The van der Waals surface area contributed by atoms with E-state index in [1.165, 1.54) is 36.8 Å². The fraction of sp³-hybridized carbons (Fsp3) is 0.581. The van der Waals surface area contributed by atoms with Crippen LogP contribution in [0.5, 0.6) is 0 Å². The van der Waals surface area contributed by atoms with Gasteiger partial charge in [-0.25, -0.2) is 4.39 Å². The van der Waals surface area contributed by atoms with Crippen molar-refractivity contribution in [3.8, 4) is 11.1 Å². The van der Waals surface area contributed by atoms with Gasteiger partial charge in [0.15, 0.2) is 0 Å². The molecule has 2 heterocycles. The fourth-order valence-corrected chi connectivity index (χ4v) is 5.63. The molecule has 2 aromatic carbocycles. The van der Waals surface area contributed by atoms with Crippen LogP contribution < -0.4 is 0 Å². The number of hydrogen-bond acceptors (Lipinski definition) is 2. The van der Waals surface area contributed by atoms with Crippen LogP contribution in [-0.2, 0) is 6.42 Å². The zero-order valence-electron chi connectivity index (χ0n) is 21.8. The van der Waals surface area contributed by atoms with Crippen molar-refractivity contribution in [1.82, 2.24) is 9.80 Å². The molecule has 190 valence electrons. The highest BCUT2D eigenvalue weighted by molar-refractivity contribution is 5.94. The van der Waals surface area contributed by atoms with Crippen molar-refractivity contribution in [1.29, 1.82) is 0 Å². The number of carbonyl (C=O) groups is 1. The van der Waals surface area contributed by atoms with Crippen molar-refractivity contribution in [2.45, 2.75) is 77.3 Å². The van der Waals surface area contributed by atoms with Gasteiger partial charge in [-0.3, -0.25) is 4.79 Å². The molecular weight excluding hydrogens is 435 g/mol. The minimum absolute atomic E-state index is 0.164. The van der Waals surface area contributed by atoms with Crippen LogP contribution in [0.4, 0.5) is 4.39 Å². The van der Waals surface area contributed by atoms with Crippen LogP contribution in [0.3, 0.4) is 0 Å². The smallest absolute Gasteiger partial charge is 0.253 e. The normalized spacial score (nSPS) is 18.1. The van der Waals surface area contributed by atoms with E-state index in [0.29, 0.717) is 19.4 Å². The first-order chi connectivity index (χ1) is 17.0. The van der Waals surface area contributed by atoms with Gasteiger partial charge in [-0.1, -0.05) is 50.2 Å². The van der Waals surface area contributed by atoms with E-state index in [9.17, 15) is 9.18 Å². The van der Waals surface area contributed by atoms with Crippen LogP contribution >= 0.6 is 0 Å². The molecular formula is C31H43FN2O. The van der Waals surface area contributed by atoms with Crippen molar-refractivity contribution < 1.29 is 9.18 Å². The van der Waals surface area contributed by atoms with Crippen molar-refractivity contribution in [3.05, 3.63) is 59.7 Å². The summed E-state index contributed by atoms with van der Waals surface area (Å²) in [6.45, 7) is 8.37. The fourth-order valence-electron chi connectivity index (χ4n) is 5.63. The number of likely N-dealkylation sites (tertiary alicyclic amines) is 2. The summed E-state index contributed by atoms with van der Waals surface area (Å²) in [5, 5.41) is 0. The molecule has 0 aliphatic carbocycles. The third kappa shape index (κ3) is 6.94. The lowest BCUT2D eigenvalue weighted by molar-refractivity contribution is 0.0628. The molecule has 2 aliphatic heterocycles. The molecule has 0 saturated carbocycles. The van der Waals surface area contributed by atoms with Gasteiger partial charge in [-0.05, 0) is 106 Å². The van der Waals surface area contributed by atoms with Crippen molar-refractivity contribution >= 4 is 5.91 Å². The topological polar surface area (TPSA) is 23.6 Å². The molecule has 3 nitrogen and oxygen atoms in total. The highest BCUT2D eigenvalue weighted by atomic mass is 19.1. The van der Waals surface area contributed by atoms with Crippen LogP contribution in [0.15, 0.2) is 48.5 Å². The summed E-state index contributed by atoms with van der Waals surface area (Å²) in [5.41, 5.74) is 3.51. The van der Waals surface area contributed by atoms with Crippen LogP contribution in [0.1, 0.15) is 81.1 Å². The van der Waals surface area contributed by atoms with Gasteiger partial charge in [0, 0.05) is 25.2 Å². The van der Waals surface area contributed by atoms with E-state index in [1.54, 1.807) is 0 Å². The number of hydrogen-bond donors (Lipinski definition) is 0. The number of alkyl halides is 1. The van der Waals surface area contributed by atoms with Crippen LogP contribution in [0.25, 0.3) is 11.1 Å². The lowest BCUT2D eigenvalue weighted by Gasteiger charge is -2.36. The molecule has 2 fully saturated rings. The lowest BCUT2D eigenvalue weighted by Crippen LogP contribution is -2.43. The Morgan fingerprint density at radius 3 is 2.00 bits per heavy atom. The average Bonchev–Trinajstić information content (AvgIpc) is 2.93. The van der Waals surface area contributed by atoms with Gasteiger partial charge >= 0.3 is 0 Å². The third-order valence-electron chi connectivity index (χ3n) is 8.39. The summed E-state index contributed by atoms with van der Waals surface area (Å²) in [5.74, 6) is 0.908. The summed E-state index contributed by atoms with van der Waals surface area (Å²) in [6.07, 6.45) is 9.37. The summed E-state index contributed by atoms with van der Waals surface area (Å²) < 4.78 is 14.7. The molecule has 0 unspecified atom stereocenters. The molecule has 1 amide bonds. The highest BCUT2D eigenvalue weighted by Gasteiger charge is 2.30. The minimum Gasteiger partial charge on any atom is -0.339 e. The zero-order chi connectivity index (χ0) is 24.7. The molecule has 0 N–H and O–H groups in total. The number of benzene rings is 2. The van der Waals surface area contributed by atoms with Crippen molar-refractivity contribution in [2.24, 2.45) is 5.92 Å². The number of rotatable bonds is 9. The Kier molecular flexibility index (Phi) is 8.99. The molecule has 0 atom stereocenters. The monoisotopic (exact) mass is 478 g/mol. The molecule has 2 saturated heterocycles. The summed E-state index contributed by atoms with van der Waals surface area (Å²) in [4.78, 5) is 17.0. The molecule has 4 heteroatoms. The number of piperidine rings is 2. The molecule has 4 rings (SSSR count). The number of nitrogens with zero attached hydrogens (tertiary/aromatic N) is 2. The first-order valence-electron chi connectivity index (χ1n) is 13.9. The molecule has 0 radical (unpaired) electrons. The predicted octanol–water partition coefficient (Wildman–Crippen LogP) is 7.15. The molecule has 2 aromatic rings. The Morgan fingerprint density at radius 1 is 0.857 bits per heavy atom. The van der Waals surface area contributed by atoms with Gasteiger partial charge in [-0.2, -0.15) is 0 Å². The number of aryl methyl sites for hydroxylation is 1. The maximum atomic E-state index is 14.7. The van der Waals surface area contributed by atoms with Gasteiger partial charge in [0.2, 0.25) is 0 Å². The van der Waals surface area contributed by atoms with E-state index >= 15 is 0 Å². The van der Waals surface area contributed by atoms with Crippen LogP contribution in [0.2, 0.25) is 0 Å². The second-order valence-electron chi connectivity index (χ2n) is 10.7. The summed E-state index contributed by atoms with van der Waals surface area (Å²) >= 11 is 0. The van der Waals surface area contributed by atoms with E-state index < -0.39 is 5.67 Å². The van der Waals surface area contributed by atoms with Crippen LogP contribution in [-0.4, -0.2) is 54.1 Å². The van der Waals surface area contributed by atoms with E-state index in [-0.39, 0.29) is 5.91 Å². The first kappa shape index (κ1) is 25.9. The largest absolute Gasteiger partial charge is 0.339 e. The second-order valence-corrected chi connectivity index (χ2v) is 10.7. The van der Waals surface area contributed by atoms with Crippen molar-refractivity contribution in [3.63, 3.8) is 0 Å². The SMILES string of the molecule is CCC(F)(CC)CN1CCC(CCc2ccc(-c3ccc(C(=O)N4CCCCC4)cc3)cc2)CC1. The average molecular weight is 479 g/mol. The summed E-state index contributed by atoms with van der Waals surface area (Å²) in [6, 6.07) is 17.0. The Balaban J connectivity index is 1.24. The molecule has 0 bridgehead atoms. The maximum absolute atomic E-state index is 14.7. The zero-order valence-corrected chi connectivity index (χ0v) is 21.8. The number of halogens is 1. The first-order valence-corrected chi connectivity index (χ1v) is 13.9. The second kappa shape index (κ2) is 12.2. The van der Waals surface area contributed by atoms with E-state index in [4.69, 9.17) is 0 Å². The molecule has 2 aliphatic rings. The maximum Gasteiger partial charge on any atom is 0.253 e. The lowest BCUT2D eigenvalue weighted by atomic mass is 9.89. The number of carbonyl (C=O) groups excluding carboxylic acids is 1. The Bertz CT molecular complexity index is 921. The van der Waals surface area contributed by atoms with E-state index in [2.05, 4.69) is 41.3 Å². The standard InChI is InChI=1S/C31H43FN2O/c1-3-31(32,4-2)24-33-22-18-26(19-23-33)9-8-25-10-12-27(13-11-25)28-14-16-29(17-15-28)30(35)34-20-6-5-7-21-34/h10-17,26H,3-9,18-24H2,1-2H3. The Morgan fingerprint density at radius 2 is 1.43 bits per heavy atom. The Labute approximate surface area is 211 Å². The van der Waals surface area contributed by atoms with Gasteiger partial charge in [0.05, 0.1) is 0 Å². The van der Waals surface area contributed by atoms with Crippen molar-refractivity contribution in [2.75, 3.05) is 32.7 Å². The highest BCUT2D eigenvalue weighted by Crippen LogP contribution is 2.28. The van der Waals surface area contributed by atoms with Crippen LogP contribution in [0, 0.1) is 5.92 Å². The third-order valence-corrected chi connectivity index (χ3v) is 8.39. The Hall–Kier alpha value is -2.20. The van der Waals surface area contributed by atoms with Gasteiger partial charge in [0.25, 0.3) is 5.91 Å². The molecule has 0 spiro atoms. The predicted molar refractivity (Wildman–Crippen MR) is 144 cm³/mol. The molecule has 35 heavy (non-hydrogen) atoms. The molecule has 0 aromatic heterocycles. The minimum atomic E-state index is -1.02. The van der Waals surface area contributed by atoms with Gasteiger partial charge < -0.3 is 9.80 Å². The van der Waals surface area contributed by atoms with E-state index in [1.807, 2.05) is 30.9 Å². The number of amides is 1. The van der Waals surface area contributed by atoms with E-state index in [0.717, 1.165) is 62.5 Å². The van der Waals surface area contributed by atoms with Gasteiger partial charge in [-0.15, -0.1) is 0 Å². The summed E-state index contributed by atoms with van der Waals surface area (Å²) in [7, 11) is 0. The quantitative estimate of drug-likeness (QED) is 0.382. The van der Waals surface area contributed by atoms with Gasteiger partial charge in [0.1, 0.15) is 5.67 Å².